The van der Waals surface area contributed by atoms with Gasteiger partial charge in [-0.15, -0.1) is 0 Å². The van der Waals surface area contributed by atoms with E-state index < -0.39 is 5.97 Å². The molecule has 0 atom stereocenters. The molecule has 0 unspecified atom stereocenters. The van der Waals surface area contributed by atoms with E-state index in [1.165, 1.54) is 32.1 Å². The topological polar surface area (TPSA) is 72.5 Å². The lowest BCUT2D eigenvalue weighted by molar-refractivity contribution is -0.136. The Balaban J connectivity index is 0.000000287. The van der Waals surface area contributed by atoms with Crippen molar-refractivity contribution in [1.29, 1.82) is 0 Å². The molecule has 0 spiro atoms. The molecule has 1 aromatic rings. The second-order valence-corrected chi connectivity index (χ2v) is 5.73. The first kappa shape index (κ1) is 18.2. The van der Waals surface area contributed by atoms with Gasteiger partial charge in [0, 0.05) is 6.04 Å². The Kier molecular flexibility index (Phi) is 8.30. The summed E-state index contributed by atoms with van der Waals surface area (Å²) in [6.45, 7) is 1.80. The minimum atomic E-state index is -0.808. The minimum Gasteiger partial charge on any atom is -0.497 e. The van der Waals surface area contributed by atoms with Crippen LogP contribution in [0.5, 0.6) is 5.75 Å². The van der Waals surface area contributed by atoms with Crippen molar-refractivity contribution >= 4 is 12.0 Å². The Morgan fingerprint density at radius 3 is 2.27 bits per heavy atom. The van der Waals surface area contributed by atoms with Gasteiger partial charge in [0.2, 0.25) is 0 Å². The van der Waals surface area contributed by atoms with Crippen molar-refractivity contribution < 1.29 is 14.6 Å². The van der Waals surface area contributed by atoms with E-state index in [0.29, 0.717) is 6.04 Å². The summed E-state index contributed by atoms with van der Waals surface area (Å²) in [5.74, 6) is -0.0136. The second-order valence-electron chi connectivity index (χ2n) is 5.73. The first-order valence-corrected chi connectivity index (χ1v) is 7.80. The minimum absolute atomic E-state index is 0.0754. The molecule has 0 amide bonds. The molecule has 1 aromatic carbocycles. The number of carboxylic acid groups (broad SMARTS) is 1. The van der Waals surface area contributed by atoms with Crippen molar-refractivity contribution in [2.75, 3.05) is 7.11 Å². The van der Waals surface area contributed by atoms with E-state index in [-0.39, 0.29) is 6.42 Å². The van der Waals surface area contributed by atoms with Crippen LogP contribution in [0.15, 0.2) is 29.8 Å². The highest BCUT2D eigenvalue weighted by atomic mass is 16.5. The van der Waals surface area contributed by atoms with Crippen LogP contribution in [0.25, 0.3) is 6.08 Å². The second kappa shape index (κ2) is 10.0. The van der Waals surface area contributed by atoms with Crippen molar-refractivity contribution in [3.63, 3.8) is 0 Å². The number of aliphatic carboxylic acids is 1. The third-order valence-corrected chi connectivity index (χ3v) is 3.61. The fraction of sp³-hybridized carbons (Fsp3) is 0.500. The maximum Gasteiger partial charge on any atom is 0.307 e. The number of benzene rings is 1. The molecule has 0 saturated heterocycles. The molecular formula is C18H27NO3. The van der Waals surface area contributed by atoms with E-state index in [9.17, 15) is 4.79 Å². The van der Waals surface area contributed by atoms with E-state index in [4.69, 9.17) is 15.6 Å². The van der Waals surface area contributed by atoms with Gasteiger partial charge in [-0.1, -0.05) is 43.0 Å². The third-order valence-electron chi connectivity index (χ3n) is 3.61. The average molecular weight is 305 g/mol. The maximum atomic E-state index is 10.4. The molecule has 0 aromatic heterocycles. The zero-order valence-electron chi connectivity index (χ0n) is 13.5. The first-order valence-electron chi connectivity index (χ1n) is 7.80. The quantitative estimate of drug-likeness (QED) is 0.886. The number of carbonyl (C=O) groups is 1. The Hall–Kier alpha value is -1.81. The molecular weight excluding hydrogens is 278 g/mol. The predicted octanol–water partition coefficient (Wildman–Crippen LogP) is 3.85. The number of hydrogen-bond donors (Lipinski definition) is 2. The van der Waals surface area contributed by atoms with Crippen LogP contribution in [0.4, 0.5) is 0 Å². The molecule has 4 heteroatoms. The van der Waals surface area contributed by atoms with Gasteiger partial charge in [0.15, 0.2) is 0 Å². The lowest BCUT2D eigenvalue weighted by atomic mass is 9.97. The number of carboxylic acids is 1. The van der Waals surface area contributed by atoms with Crippen molar-refractivity contribution in [3.8, 4) is 5.75 Å². The van der Waals surface area contributed by atoms with E-state index >= 15 is 0 Å². The number of hydrogen-bond acceptors (Lipinski definition) is 3. The van der Waals surface area contributed by atoms with Gasteiger partial charge in [-0.05, 0) is 37.5 Å². The third kappa shape index (κ3) is 7.84. The molecule has 1 saturated carbocycles. The number of ether oxygens (including phenoxy) is 1. The molecule has 22 heavy (non-hydrogen) atoms. The van der Waals surface area contributed by atoms with Crippen molar-refractivity contribution in [2.45, 2.75) is 51.5 Å². The van der Waals surface area contributed by atoms with Gasteiger partial charge in [0.1, 0.15) is 5.75 Å². The van der Waals surface area contributed by atoms with Crippen LogP contribution < -0.4 is 10.5 Å². The molecule has 122 valence electrons. The summed E-state index contributed by atoms with van der Waals surface area (Å²) in [5.41, 5.74) is 7.44. The molecule has 2 rings (SSSR count). The van der Waals surface area contributed by atoms with Crippen LogP contribution in [0.1, 0.15) is 51.0 Å². The van der Waals surface area contributed by atoms with Crippen LogP contribution in [0.3, 0.4) is 0 Å². The predicted molar refractivity (Wildman–Crippen MR) is 90.0 cm³/mol. The van der Waals surface area contributed by atoms with Crippen molar-refractivity contribution in [1.82, 2.24) is 0 Å². The lowest BCUT2D eigenvalue weighted by Crippen LogP contribution is -2.22. The van der Waals surface area contributed by atoms with Gasteiger partial charge >= 0.3 is 5.97 Å². The van der Waals surface area contributed by atoms with E-state index in [1.807, 2.05) is 30.3 Å². The molecule has 1 aliphatic carbocycles. The number of rotatable bonds is 4. The van der Waals surface area contributed by atoms with Crippen molar-refractivity contribution in [3.05, 3.63) is 35.4 Å². The molecule has 4 nitrogen and oxygen atoms in total. The SMILES string of the molecule is COc1ccc(/C=C(\C)CC(=O)O)cc1.NC1CCCCC1. The van der Waals surface area contributed by atoms with Crippen molar-refractivity contribution in [2.24, 2.45) is 5.73 Å². The van der Waals surface area contributed by atoms with Crippen LogP contribution in [0.2, 0.25) is 0 Å². The highest BCUT2D eigenvalue weighted by Crippen LogP contribution is 2.15. The van der Waals surface area contributed by atoms with Crippen LogP contribution in [-0.2, 0) is 4.79 Å². The first-order chi connectivity index (χ1) is 10.5. The summed E-state index contributed by atoms with van der Waals surface area (Å²) in [6.07, 6.45) is 8.59. The Bertz CT molecular complexity index is 474. The van der Waals surface area contributed by atoms with Crippen LogP contribution in [0, 0.1) is 0 Å². The summed E-state index contributed by atoms with van der Waals surface area (Å²) >= 11 is 0. The maximum absolute atomic E-state index is 10.4. The Morgan fingerprint density at radius 1 is 1.27 bits per heavy atom. The van der Waals surface area contributed by atoms with Crippen LogP contribution >= 0.6 is 0 Å². The Morgan fingerprint density at radius 2 is 1.86 bits per heavy atom. The summed E-state index contributed by atoms with van der Waals surface area (Å²) in [5, 5.41) is 8.58. The fourth-order valence-electron chi connectivity index (χ4n) is 2.41. The Labute approximate surface area is 133 Å². The molecule has 0 aliphatic heterocycles. The van der Waals surface area contributed by atoms with Gasteiger partial charge in [-0.3, -0.25) is 4.79 Å². The summed E-state index contributed by atoms with van der Waals surface area (Å²) in [4.78, 5) is 10.4. The highest BCUT2D eigenvalue weighted by molar-refractivity contribution is 5.72. The van der Waals surface area contributed by atoms with Crippen LogP contribution in [-0.4, -0.2) is 24.2 Å². The normalized spacial score (nSPS) is 15.7. The van der Waals surface area contributed by atoms with Gasteiger partial charge in [-0.2, -0.15) is 0 Å². The molecule has 3 N–H and O–H groups in total. The average Bonchev–Trinajstić information content (AvgIpc) is 2.48. The lowest BCUT2D eigenvalue weighted by Gasteiger charge is -2.15. The van der Waals surface area contributed by atoms with E-state index in [0.717, 1.165) is 16.9 Å². The summed E-state index contributed by atoms with van der Waals surface area (Å²) < 4.78 is 5.02. The highest BCUT2D eigenvalue weighted by Gasteiger charge is 2.06. The van der Waals surface area contributed by atoms with Gasteiger partial charge in [-0.25, -0.2) is 0 Å². The van der Waals surface area contributed by atoms with Gasteiger partial charge in [0.05, 0.1) is 13.5 Å². The standard InChI is InChI=1S/C12H14O3.C6H13N/c1-9(8-12(13)14)7-10-3-5-11(15-2)6-4-10;7-6-4-2-1-3-5-6/h3-7H,8H2,1-2H3,(H,13,14);6H,1-5,7H2/b9-7+;. The largest absolute Gasteiger partial charge is 0.497 e. The molecule has 0 heterocycles. The van der Waals surface area contributed by atoms with Gasteiger partial charge in [0.25, 0.3) is 0 Å². The molecule has 0 bridgehead atoms. The number of methoxy groups -OCH3 is 1. The molecule has 0 radical (unpaired) electrons. The fourth-order valence-corrected chi connectivity index (χ4v) is 2.41. The summed E-state index contributed by atoms with van der Waals surface area (Å²) in [7, 11) is 1.61. The zero-order chi connectivity index (χ0) is 16.4. The monoisotopic (exact) mass is 305 g/mol. The summed E-state index contributed by atoms with van der Waals surface area (Å²) in [6, 6.07) is 8.02. The zero-order valence-corrected chi connectivity index (χ0v) is 13.5. The number of nitrogens with two attached hydrogens (primary N) is 1. The molecule has 1 aliphatic rings. The van der Waals surface area contributed by atoms with Gasteiger partial charge < -0.3 is 15.6 Å². The smallest absolute Gasteiger partial charge is 0.307 e. The van der Waals surface area contributed by atoms with E-state index in [2.05, 4.69) is 0 Å². The molecule has 1 fully saturated rings. The van der Waals surface area contributed by atoms with E-state index in [1.54, 1.807) is 14.0 Å².